The molecular formula is C26H22N2O3S. The van der Waals surface area contributed by atoms with Crippen LogP contribution in [0.15, 0.2) is 84.2 Å². The number of ether oxygens (including phenoxy) is 2. The summed E-state index contributed by atoms with van der Waals surface area (Å²) >= 11 is 1.36. The minimum absolute atomic E-state index is 0.224. The summed E-state index contributed by atoms with van der Waals surface area (Å²) in [7, 11) is 3.23. The summed E-state index contributed by atoms with van der Waals surface area (Å²) in [5.41, 5.74) is 3.84. The van der Waals surface area contributed by atoms with Crippen LogP contribution in [0.5, 0.6) is 11.5 Å². The van der Waals surface area contributed by atoms with Crippen LogP contribution >= 0.6 is 11.3 Å². The number of methoxy groups -OCH3 is 2. The number of aromatic nitrogens is 1. The molecule has 0 spiro atoms. The first kappa shape index (κ1) is 21.3. The predicted octanol–water partition coefficient (Wildman–Crippen LogP) is 6.01. The van der Waals surface area contributed by atoms with Crippen LogP contribution in [0.2, 0.25) is 0 Å². The fourth-order valence-corrected chi connectivity index (χ4v) is 3.95. The Morgan fingerprint density at radius 3 is 2.34 bits per heavy atom. The van der Waals surface area contributed by atoms with E-state index >= 15 is 0 Å². The van der Waals surface area contributed by atoms with Crippen molar-refractivity contribution in [1.82, 2.24) is 4.98 Å². The Labute approximate surface area is 191 Å². The van der Waals surface area contributed by atoms with Gasteiger partial charge in [0.15, 0.2) is 5.13 Å². The van der Waals surface area contributed by atoms with Gasteiger partial charge in [0.05, 0.1) is 19.9 Å². The maximum Gasteiger partial charge on any atom is 0.258 e. The Hall–Kier alpha value is -3.90. The van der Waals surface area contributed by atoms with Gasteiger partial charge in [0.25, 0.3) is 5.91 Å². The zero-order valence-electron chi connectivity index (χ0n) is 17.7. The molecule has 0 aliphatic heterocycles. The number of hydrogen-bond donors (Lipinski definition) is 1. The van der Waals surface area contributed by atoms with Gasteiger partial charge in [0.2, 0.25) is 0 Å². The summed E-state index contributed by atoms with van der Waals surface area (Å²) in [4.78, 5) is 17.8. The first-order valence-corrected chi connectivity index (χ1v) is 10.9. The molecule has 0 saturated heterocycles. The molecule has 5 nitrogen and oxygen atoms in total. The van der Waals surface area contributed by atoms with Crippen LogP contribution in [0.4, 0.5) is 5.13 Å². The Morgan fingerprint density at radius 2 is 1.66 bits per heavy atom. The van der Waals surface area contributed by atoms with Gasteiger partial charge in [-0.1, -0.05) is 60.7 Å². The summed E-state index contributed by atoms with van der Waals surface area (Å²) in [6.07, 6.45) is 1.88. The van der Waals surface area contributed by atoms with Gasteiger partial charge in [-0.15, -0.1) is 11.3 Å². The number of thiazole rings is 1. The van der Waals surface area contributed by atoms with E-state index < -0.39 is 0 Å². The Bertz CT molecular complexity index is 1230. The lowest BCUT2D eigenvalue weighted by atomic mass is 10.0. The van der Waals surface area contributed by atoms with E-state index in [0.29, 0.717) is 27.9 Å². The van der Waals surface area contributed by atoms with E-state index in [2.05, 4.69) is 10.3 Å². The molecule has 1 heterocycles. The standard InChI is InChI=1S/C26H22N2O3S/c1-30-20-13-14-24(31-2)22(16-20)23-17-32-26(27-23)28-25(29)21(19-11-7-4-8-12-19)15-18-9-5-3-6-10-18/h3-17H,1-2H3,(H,27,28,29). The molecule has 3 aromatic carbocycles. The molecule has 0 bridgehead atoms. The molecule has 0 aliphatic carbocycles. The zero-order valence-corrected chi connectivity index (χ0v) is 18.6. The van der Waals surface area contributed by atoms with Crippen LogP contribution in [0.1, 0.15) is 11.1 Å². The third kappa shape index (κ3) is 4.87. The monoisotopic (exact) mass is 442 g/mol. The average molecular weight is 443 g/mol. The SMILES string of the molecule is COc1ccc(OC)c(-c2csc(NC(=O)C(=Cc3ccccc3)c3ccccc3)n2)c1. The van der Waals surface area contributed by atoms with Crippen molar-refractivity contribution in [2.24, 2.45) is 0 Å². The number of carbonyl (C=O) groups is 1. The molecular weight excluding hydrogens is 420 g/mol. The largest absolute Gasteiger partial charge is 0.497 e. The van der Waals surface area contributed by atoms with E-state index in [4.69, 9.17) is 9.47 Å². The third-order valence-corrected chi connectivity index (χ3v) is 5.60. The first-order chi connectivity index (χ1) is 15.7. The molecule has 0 saturated carbocycles. The van der Waals surface area contributed by atoms with Crippen molar-refractivity contribution in [1.29, 1.82) is 0 Å². The van der Waals surface area contributed by atoms with E-state index in [0.717, 1.165) is 16.7 Å². The molecule has 32 heavy (non-hydrogen) atoms. The number of hydrogen-bond acceptors (Lipinski definition) is 5. The lowest BCUT2D eigenvalue weighted by molar-refractivity contribution is -0.111. The van der Waals surface area contributed by atoms with E-state index in [1.54, 1.807) is 14.2 Å². The lowest BCUT2D eigenvalue weighted by Crippen LogP contribution is -2.13. The second kappa shape index (κ2) is 9.94. The van der Waals surface area contributed by atoms with Gasteiger partial charge in [-0.3, -0.25) is 10.1 Å². The Kier molecular flexibility index (Phi) is 6.63. The molecule has 0 radical (unpaired) electrons. The van der Waals surface area contributed by atoms with Gasteiger partial charge >= 0.3 is 0 Å². The number of carbonyl (C=O) groups excluding carboxylic acids is 1. The molecule has 4 rings (SSSR count). The summed E-state index contributed by atoms with van der Waals surface area (Å²) < 4.78 is 10.8. The van der Waals surface area contributed by atoms with Crippen molar-refractivity contribution in [3.05, 3.63) is 95.4 Å². The Morgan fingerprint density at radius 1 is 0.938 bits per heavy atom. The van der Waals surface area contributed by atoms with Crippen LogP contribution in [-0.2, 0) is 4.79 Å². The molecule has 160 valence electrons. The number of nitrogens with one attached hydrogen (secondary N) is 1. The minimum Gasteiger partial charge on any atom is -0.497 e. The quantitative estimate of drug-likeness (QED) is 0.281. The van der Waals surface area contributed by atoms with Crippen LogP contribution in [-0.4, -0.2) is 25.1 Å². The highest BCUT2D eigenvalue weighted by molar-refractivity contribution is 7.14. The highest BCUT2D eigenvalue weighted by Gasteiger charge is 2.16. The highest BCUT2D eigenvalue weighted by Crippen LogP contribution is 2.35. The molecule has 1 aromatic heterocycles. The molecule has 0 aliphatic rings. The fraction of sp³-hybridized carbons (Fsp3) is 0.0769. The van der Waals surface area contributed by atoms with Crippen LogP contribution in [0, 0.1) is 0 Å². The van der Waals surface area contributed by atoms with Gasteiger partial charge in [-0.05, 0) is 35.4 Å². The zero-order chi connectivity index (χ0) is 22.3. The normalized spacial score (nSPS) is 11.1. The van der Waals surface area contributed by atoms with Gasteiger partial charge < -0.3 is 9.47 Å². The lowest BCUT2D eigenvalue weighted by Gasteiger charge is -2.09. The number of amides is 1. The van der Waals surface area contributed by atoms with E-state index in [9.17, 15) is 4.79 Å². The van der Waals surface area contributed by atoms with Crippen molar-refractivity contribution >= 4 is 34.0 Å². The van der Waals surface area contributed by atoms with Crippen molar-refractivity contribution < 1.29 is 14.3 Å². The van der Waals surface area contributed by atoms with Gasteiger partial charge in [0.1, 0.15) is 11.5 Å². The summed E-state index contributed by atoms with van der Waals surface area (Å²) in [6, 6.07) is 24.9. The second-order valence-corrected chi connectivity index (χ2v) is 7.75. The maximum absolute atomic E-state index is 13.2. The van der Waals surface area contributed by atoms with E-state index in [-0.39, 0.29) is 5.91 Å². The Balaban J connectivity index is 1.63. The van der Waals surface area contributed by atoms with Crippen molar-refractivity contribution in [3.63, 3.8) is 0 Å². The summed E-state index contributed by atoms with van der Waals surface area (Å²) in [5.74, 6) is 1.16. The first-order valence-electron chi connectivity index (χ1n) is 9.99. The molecule has 0 unspecified atom stereocenters. The highest BCUT2D eigenvalue weighted by atomic mass is 32.1. The smallest absolute Gasteiger partial charge is 0.258 e. The number of rotatable bonds is 7. The fourth-order valence-electron chi connectivity index (χ4n) is 3.25. The molecule has 4 aromatic rings. The molecule has 1 N–H and O–H groups in total. The maximum atomic E-state index is 13.2. The van der Waals surface area contributed by atoms with Crippen molar-refractivity contribution in [2.75, 3.05) is 19.5 Å². The number of anilines is 1. The van der Waals surface area contributed by atoms with Crippen LogP contribution < -0.4 is 14.8 Å². The second-order valence-electron chi connectivity index (χ2n) is 6.89. The average Bonchev–Trinajstić information content (AvgIpc) is 3.31. The number of nitrogens with zero attached hydrogens (tertiary/aromatic N) is 1. The minimum atomic E-state index is -0.224. The van der Waals surface area contributed by atoms with Crippen LogP contribution in [0.25, 0.3) is 22.9 Å². The molecule has 0 atom stereocenters. The predicted molar refractivity (Wildman–Crippen MR) is 130 cm³/mol. The van der Waals surface area contributed by atoms with Gasteiger partial charge in [-0.25, -0.2) is 4.98 Å². The molecule has 1 amide bonds. The van der Waals surface area contributed by atoms with E-state index in [1.807, 2.05) is 90.3 Å². The van der Waals surface area contributed by atoms with Gasteiger partial charge in [0, 0.05) is 16.5 Å². The molecule has 0 fully saturated rings. The topological polar surface area (TPSA) is 60.5 Å². The molecule has 6 heteroatoms. The number of benzene rings is 3. The summed E-state index contributed by atoms with van der Waals surface area (Å²) in [6.45, 7) is 0. The van der Waals surface area contributed by atoms with Crippen molar-refractivity contribution in [2.45, 2.75) is 0 Å². The van der Waals surface area contributed by atoms with Crippen LogP contribution in [0.3, 0.4) is 0 Å². The van der Waals surface area contributed by atoms with Gasteiger partial charge in [-0.2, -0.15) is 0 Å². The van der Waals surface area contributed by atoms with E-state index in [1.165, 1.54) is 11.3 Å². The summed E-state index contributed by atoms with van der Waals surface area (Å²) in [5, 5.41) is 5.33. The third-order valence-electron chi connectivity index (χ3n) is 4.85. The van der Waals surface area contributed by atoms with Crippen molar-refractivity contribution in [3.8, 4) is 22.8 Å².